The molecular weight excluding hydrogens is 188 g/mol. The van der Waals surface area contributed by atoms with Gasteiger partial charge in [-0.2, -0.15) is 0 Å². The number of esters is 1. The number of methoxy groups -OCH3 is 1. The maximum absolute atomic E-state index is 11.2. The highest BCUT2D eigenvalue weighted by Gasteiger charge is 2.17. The zero-order chi connectivity index (χ0) is 10.7. The molecule has 0 saturated carbocycles. The number of ether oxygens (including phenoxy) is 1. The summed E-state index contributed by atoms with van der Waals surface area (Å²) >= 11 is 0. The number of hydrogen-bond acceptors (Lipinski definition) is 5. The first-order valence-corrected chi connectivity index (χ1v) is 3.71. The van der Waals surface area contributed by atoms with Gasteiger partial charge >= 0.3 is 5.97 Å². The SMILES string of the molecule is COC(=O)C(=O)c1ccc(O)c(O)c1. The van der Waals surface area contributed by atoms with Crippen LogP contribution in [0.15, 0.2) is 18.2 Å². The summed E-state index contributed by atoms with van der Waals surface area (Å²) in [6.45, 7) is 0. The van der Waals surface area contributed by atoms with Gasteiger partial charge in [0.25, 0.3) is 5.78 Å². The van der Waals surface area contributed by atoms with Gasteiger partial charge in [0.05, 0.1) is 7.11 Å². The predicted molar refractivity (Wildman–Crippen MR) is 46.1 cm³/mol. The van der Waals surface area contributed by atoms with E-state index in [-0.39, 0.29) is 11.3 Å². The molecule has 0 aromatic heterocycles. The third kappa shape index (κ3) is 1.82. The molecule has 0 atom stereocenters. The molecule has 0 bridgehead atoms. The number of aromatic hydroxyl groups is 2. The molecule has 0 fully saturated rings. The van der Waals surface area contributed by atoms with E-state index in [2.05, 4.69) is 4.74 Å². The molecule has 0 spiro atoms. The first-order chi connectivity index (χ1) is 6.56. The van der Waals surface area contributed by atoms with Crippen molar-refractivity contribution in [1.82, 2.24) is 0 Å². The standard InChI is InChI=1S/C9H8O5/c1-14-9(13)8(12)5-2-3-6(10)7(11)4-5/h2-4,10-11H,1H3. The third-order valence-electron chi connectivity index (χ3n) is 1.61. The van der Waals surface area contributed by atoms with Crippen LogP contribution in [0, 0.1) is 0 Å². The molecule has 0 radical (unpaired) electrons. The zero-order valence-electron chi connectivity index (χ0n) is 7.35. The Morgan fingerprint density at radius 3 is 2.36 bits per heavy atom. The van der Waals surface area contributed by atoms with Crippen molar-refractivity contribution >= 4 is 11.8 Å². The minimum absolute atomic E-state index is 0.0350. The van der Waals surface area contributed by atoms with Crippen LogP contribution in [-0.2, 0) is 9.53 Å². The summed E-state index contributed by atoms with van der Waals surface area (Å²) < 4.78 is 4.20. The Kier molecular flexibility index (Phi) is 2.71. The molecule has 2 N–H and O–H groups in total. The molecule has 0 aliphatic heterocycles. The summed E-state index contributed by atoms with van der Waals surface area (Å²) in [5, 5.41) is 18.0. The summed E-state index contributed by atoms with van der Waals surface area (Å²) in [5.41, 5.74) is -0.0350. The van der Waals surface area contributed by atoms with E-state index in [0.717, 1.165) is 19.2 Å². The second-order valence-corrected chi connectivity index (χ2v) is 2.52. The Bertz CT molecular complexity index is 383. The van der Waals surface area contributed by atoms with E-state index in [1.807, 2.05) is 0 Å². The molecule has 0 aliphatic carbocycles. The number of rotatable bonds is 2. The van der Waals surface area contributed by atoms with Gasteiger partial charge in [-0.3, -0.25) is 4.79 Å². The lowest BCUT2D eigenvalue weighted by molar-refractivity contribution is -0.135. The van der Waals surface area contributed by atoms with E-state index < -0.39 is 17.5 Å². The maximum atomic E-state index is 11.2. The molecule has 1 aromatic rings. The van der Waals surface area contributed by atoms with E-state index in [9.17, 15) is 9.59 Å². The van der Waals surface area contributed by atoms with Crippen molar-refractivity contribution in [3.8, 4) is 11.5 Å². The Morgan fingerprint density at radius 2 is 1.86 bits per heavy atom. The summed E-state index contributed by atoms with van der Waals surface area (Å²) in [7, 11) is 1.08. The van der Waals surface area contributed by atoms with Gasteiger partial charge in [-0.25, -0.2) is 4.79 Å². The average Bonchev–Trinajstić information content (AvgIpc) is 2.20. The van der Waals surface area contributed by atoms with Crippen LogP contribution in [0.1, 0.15) is 10.4 Å². The van der Waals surface area contributed by atoms with E-state index in [0.29, 0.717) is 0 Å². The predicted octanol–water partition coefficient (Wildman–Crippen LogP) is 0.453. The second-order valence-electron chi connectivity index (χ2n) is 2.52. The van der Waals surface area contributed by atoms with Crippen LogP contribution in [-0.4, -0.2) is 29.1 Å². The fourth-order valence-corrected chi connectivity index (χ4v) is 0.875. The topological polar surface area (TPSA) is 83.8 Å². The lowest BCUT2D eigenvalue weighted by atomic mass is 10.1. The maximum Gasteiger partial charge on any atom is 0.379 e. The highest BCUT2D eigenvalue weighted by molar-refractivity contribution is 6.40. The Morgan fingerprint density at radius 1 is 1.21 bits per heavy atom. The van der Waals surface area contributed by atoms with E-state index in [1.54, 1.807) is 0 Å². The fourth-order valence-electron chi connectivity index (χ4n) is 0.875. The molecule has 0 unspecified atom stereocenters. The van der Waals surface area contributed by atoms with E-state index in [4.69, 9.17) is 10.2 Å². The van der Waals surface area contributed by atoms with Gasteiger partial charge in [-0.1, -0.05) is 0 Å². The summed E-state index contributed by atoms with van der Waals surface area (Å²) in [4.78, 5) is 22.0. The lowest BCUT2D eigenvalue weighted by Crippen LogP contribution is -2.15. The Balaban J connectivity index is 3.03. The first kappa shape index (κ1) is 10.0. The monoisotopic (exact) mass is 196 g/mol. The largest absolute Gasteiger partial charge is 0.504 e. The summed E-state index contributed by atoms with van der Waals surface area (Å²) in [5.74, 6) is -2.70. The van der Waals surface area contributed by atoms with Crippen molar-refractivity contribution in [3.63, 3.8) is 0 Å². The number of carbonyl (C=O) groups excluding carboxylic acids is 2. The van der Waals surface area contributed by atoms with Crippen LogP contribution in [0.4, 0.5) is 0 Å². The van der Waals surface area contributed by atoms with Crippen LogP contribution in [0.3, 0.4) is 0 Å². The molecule has 5 heteroatoms. The first-order valence-electron chi connectivity index (χ1n) is 3.71. The molecule has 14 heavy (non-hydrogen) atoms. The lowest BCUT2D eigenvalue weighted by Gasteiger charge is -2.00. The highest BCUT2D eigenvalue weighted by Crippen LogP contribution is 2.24. The number of ketones is 1. The van der Waals surface area contributed by atoms with Gasteiger partial charge in [0.2, 0.25) is 0 Å². The molecule has 0 amide bonds. The van der Waals surface area contributed by atoms with E-state index >= 15 is 0 Å². The van der Waals surface area contributed by atoms with Gasteiger partial charge in [-0.05, 0) is 18.2 Å². The van der Waals surface area contributed by atoms with Crippen molar-refractivity contribution in [2.75, 3.05) is 7.11 Å². The third-order valence-corrected chi connectivity index (χ3v) is 1.61. The van der Waals surface area contributed by atoms with Crippen molar-refractivity contribution in [2.45, 2.75) is 0 Å². The molecular formula is C9H8O5. The van der Waals surface area contributed by atoms with Gasteiger partial charge in [0.15, 0.2) is 11.5 Å². The van der Waals surface area contributed by atoms with Crippen LogP contribution in [0.5, 0.6) is 11.5 Å². The zero-order valence-corrected chi connectivity index (χ0v) is 7.35. The number of benzene rings is 1. The number of phenolic OH excluding ortho intramolecular Hbond substituents is 2. The number of phenols is 2. The number of hydrogen-bond donors (Lipinski definition) is 2. The molecule has 1 aromatic carbocycles. The molecule has 1 rings (SSSR count). The normalized spacial score (nSPS) is 9.50. The van der Waals surface area contributed by atoms with Gasteiger partial charge in [0, 0.05) is 5.56 Å². The van der Waals surface area contributed by atoms with Crippen LogP contribution in [0.25, 0.3) is 0 Å². The van der Waals surface area contributed by atoms with Crippen LogP contribution in [0.2, 0.25) is 0 Å². The van der Waals surface area contributed by atoms with Gasteiger partial charge in [0.1, 0.15) is 0 Å². The number of carbonyl (C=O) groups is 2. The number of Topliss-reactive ketones (excluding diaryl/α,β-unsaturated/α-hetero) is 1. The van der Waals surface area contributed by atoms with Crippen molar-refractivity contribution in [1.29, 1.82) is 0 Å². The molecule has 74 valence electrons. The average molecular weight is 196 g/mol. The fraction of sp³-hybridized carbons (Fsp3) is 0.111. The Labute approximate surface area is 79.6 Å². The van der Waals surface area contributed by atoms with Crippen molar-refractivity contribution in [2.24, 2.45) is 0 Å². The van der Waals surface area contributed by atoms with Gasteiger partial charge < -0.3 is 14.9 Å². The minimum Gasteiger partial charge on any atom is -0.504 e. The van der Waals surface area contributed by atoms with Crippen LogP contribution >= 0.6 is 0 Å². The second kappa shape index (κ2) is 3.78. The quantitative estimate of drug-likeness (QED) is 0.310. The summed E-state index contributed by atoms with van der Waals surface area (Å²) in [6, 6.07) is 3.33. The molecule has 0 heterocycles. The smallest absolute Gasteiger partial charge is 0.379 e. The molecule has 0 aliphatic rings. The molecule has 5 nitrogen and oxygen atoms in total. The molecule has 0 saturated heterocycles. The van der Waals surface area contributed by atoms with Crippen molar-refractivity contribution < 1.29 is 24.5 Å². The van der Waals surface area contributed by atoms with Crippen molar-refractivity contribution in [3.05, 3.63) is 23.8 Å². The highest BCUT2D eigenvalue weighted by atomic mass is 16.5. The summed E-state index contributed by atoms with van der Waals surface area (Å²) in [6.07, 6.45) is 0. The Hall–Kier alpha value is -2.04. The minimum atomic E-state index is -1.02. The van der Waals surface area contributed by atoms with Crippen LogP contribution < -0.4 is 0 Å². The van der Waals surface area contributed by atoms with E-state index in [1.165, 1.54) is 6.07 Å². The van der Waals surface area contributed by atoms with Gasteiger partial charge in [-0.15, -0.1) is 0 Å².